The Kier molecular flexibility index (Phi) is 4.86. The van der Waals surface area contributed by atoms with Crippen LogP contribution >= 0.6 is 0 Å². The Balaban J connectivity index is 1.97. The highest BCUT2D eigenvalue weighted by molar-refractivity contribution is 6.21. The molecule has 158 valence electrons. The average Bonchev–Trinajstić information content (AvgIpc) is 2.78. The summed E-state index contributed by atoms with van der Waals surface area (Å²) in [5.41, 5.74) is 13.2. The summed E-state index contributed by atoms with van der Waals surface area (Å²) in [5.74, 6) is 0. The second-order valence-corrected chi connectivity index (χ2v) is 9.19. The zero-order valence-corrected chi connectivity index (χ0v) is 19.8. The third kappa shape index (κ3) is 3.12. The third-order valence-corrected chi connectivity index (χ3v) is 7.26. The van der Waals surface area contributed by atoms with Crippen molar-refractivity contribution in [1.29, 1.82) is 0 Å². The highest BCUT2D eigenvalue weighted by Gasteiger charge is 2.18. The fourth-order valence-electron chi connectivity index (χ4n) is 5.00. The van der Waals surface area contributed by atoms with Gasteiger partial charge >= 0.3 is 0 Å². The van der Waals surface area contributed by atoms with E-state index in [0.29, 0.717) is 0 Å². The molecule has 0 aliphatic carbocycles. The maximum atomic E-state index is 4.55. The fourth-order valence-corrected chi connectivity index (χ4v) is 5.00. The Hall–Kier alpha value is -3.45. The minimum atomic E-state index is 1.21. The number of rotatable bonds is 2. The van der Waals surface area contributed by atoms with Gasteiger partial charge in [-0.25, -0.2) is 0 Å². The molecule has 0 bridgehead atoms. The average molecular weight is 416 g/mol. The Bertz CT molecular complexity index is 1300. The Morgan fingerprint density at radius 1 is 0.500 bits per heavy atom. The van der Waals surface area contributed by atoms with Crippen LogP contribution in [-0.4, -0.2) is 4.98 Å². The van der Waals surface area contributed by atoms with Crippen molar-refractivity contribution in [3.8, 4) is 22.3 Å². The van der Waals surface area contributed by atoms with Crippen molar-refractivity contribution in [2.45, 2.75) is 41.5 Å². The van der Waals surface area contributed by atoms with Crippen LogP contribution in [-0.2, 0) is 0 Å². The number of fused-ring (bicyclic) bond motifs is 2. The highest BCUT2D eigenvalue weighted by Crippen LogP contribution is 2.44. The summed E-state index contributed by atoms with van der Waals surface area (Å²) in [7, 11) is 0. The number of aromatic nitrogens is 1. The second-order valence-electron chi connectivity index (χ2n) is 9.19. The summed E-state index contributed by atoms with van der Waals surface area (Å²) in [6.07, 6.45) is 3.96. The molecule has 5 aromatic rings. The van der Waals surface area contributed by atoms with Crippen LogP contribution in [0, 0.1) is 41.5 Å². The van der Waals surface area contributed by atoms with Gasteiger partial charge in [0.15, 0.2) is 0 Å². The zero-order chi connectivity index (χ0) is 22.6. The number of nitrogens with zero attached hydrogens (tertiary/aromatic N) is 1. The fraction of sp³-hybridized carbons (Fsp3) is 0.194. The van der Waals surface area contributed by atoms with Crippen molar-refractivity contribution in [3.63, 3.8) is 0 Å². The first-order valence-corrected chi connectivity index (χ1v) is 11.3. The summed E-state index contributed by atoms with van der Waals surface area (Å²) in [4.78, 5) is 4.55. The maximum absolute atomic E-state index is 4.55. The molecule has 32 heavy (non-hydrogen) atoms. The summed E-state index contributed by atoms with van der Waals surface area (Å²) in [5, 5.41) is 5.04. The Morgan fingerprint density at radius 2 is 0.906 bits per heavy atom. The molecule has 0 aliphatic rings. The summed E-state index contributed by atoms with van der Waals surface area (Å²) >= 11 is 0. The van der Waals surface area contributed by atoms with Crippen molar-refractivity contribution in [2.24, 2.45) is 0 Å². The van der Waals surface area contributed by atoms with E-state index in [9.17, 15) is 0 Å². The number of aryl methyl sites for hydroxylation is 4. The molecule has 1 heterocycles. The van der Waals surface area contributed by atoms with Gasteiger partial charge in [0.25, 0.3) is 0 Å². The molecule has 4 aromatic carbocycles. The van der Waals surface area contributed by atoms with Gasteiger partial charge in [0.2, 0.25) is 0 Å². The van der Waals surface area contributed by atoms with Gasteiger partial charge in [-0.2, -0.15) is 0 Å². The van der Waals surface area contributed by atoms with E-state index in [1.165, 1.54) is 77.2 Å². The summed E-state index contributed by atoms with van der Waals surface area (Å²) in [6, 6.07) is 20.4. The molecular formula is C31H29N. The smallest absolute Gasteiger partial charge is 0.0353 e. The first-order valence-electron chi connectivity index (χ1n) is 11.3. The van der Waals surface area contributed by atoms with Crippen molar-refractivity contribution in [1.82, 2.24) is 4.98 Å². The first kappa shape index (κ1) is 20.5. The molecule has 0 radical (unpaired) electrons. The first-order chi connectivity index (χ1) is 15.4. The van der Waals surface area contributed by atoms with E-state index in [0.717, 1.165) is 0 Å². The maximum Gasteiger partial charge on any atom is 0.0353 e. The predicted molar refractivity (Wildman–Crippen MR) is 139 cm³/mol. The van der Waals surface area contributed by atoms with Gasteiger partial charge in [0.1, 0.15) is 0 Å². The third-order valence-electron chi connectivity index (χ3n) is 7.26. The minimum Gasteiger partial charge on any atom is -0.264 e. The van der Waals surface area contributed by atoms with Crippen LogP contribution < -0.4 is 0 Å². The van der Waals surface area contributed by atoms with Crippen LogP contribution in [0.4, 0.5) is 0 Å². The van der Waals surface area contributed by atoms with E-state index in [4.69, 9.17) is 0 Å². The van der Waals surface area contributed by atoms with Gasteiger partial charge in [0, 0.05) is 17.8 Å². The van der Waals surface area contributed by atoms with Crippen LogP contribution in [0.2, 0.25) is 0 Å². The standard InChI is InChI=1S/C31H29N/c1-18-13-24(14-19(2)22(18)5)30-26-9-7-8-10-27(26)31(29-17-32-12-11-28(29)30)25-15-20(3)23(6)21(4)16-25/h7-17H,1-6H3. The molecule has 0 N–H and O–H groups in total. The van der Waals surface area contributed by atoms with E-state index < -0.39 is 0 Å². The Morgan fingerprint density at radius 3 is 1.38 bits per heavy atom. The van der Waals surface area contributed by atoms with Gasteiger partial charge in [-0.3, -0.25) is 4.98 Å². The van der Waals surface area contributed by atoms with Crippen LogP contribution in [0.15, 0.2) is 67.0 Å². The van der Waals surface area contributed by atoms with Gasteiger partial charge < -0.3 is 0 Å². The number of hydrogen-bond acceptors (Lipinski definition) is 1. The molecule has 0 unspecified atom stereocenters. The number of pyridine rings is 1. The molecule has 1 aromatic heterocycles. The lowest BCUT2D eigenvalue weighted by Crippen LogP contribution is -1.95. The lowest BCUT2D eigenvalue weighted by atomic mass is 9.84. The molecule has 0 atom stereocenters. The lowest BCUT2D eigenvalue weighted by Gasteiger charge is -2.19. The van der Waals surface area contributed by atoms with E-state index in [-0.39, 0.29) is 0 Å². The molecule has 5 rings (SSSR count). The molecule has 0 spiro atoms. The van der Waals surface area contributed by atoms with E-state index in [1.807, 2.05) is 12.4 Å². The zero-order valence-electron chi connectivity index (χ0n) is 19.8. The molecule has 1 nitrogen and oxygen atoms in total. The Labute approximate surface area is 190 Å². The van der Waals surface area contributed by atoms with Crippen LogP contribution in [0.1, 0.15) is 33.4 Å². The van der Waals surface area contributed by atoms with Crippen LogP contribution in [0.3, 0.4) is 0 Å². The monoisotopic (exact) mass is 415 g/mol. The highest BCUT2D eigenvalue weighted by atomic mass is 14.6. The predicted octanol–water partition coefficient (Wildman–Crippen LogP) is 8.57. The minimum absolute atomic E-state index is 1.21. The van der Waals surface area contributed by atoms with Crippen LogP contribution in [0.25, 0.3) is 43.8 Å². The lowest BCUT2D eigenvalue weighted by molar-refractivity contribution is 1.27. The van der Waals surface area contributed by atoms with E-state index in [2.05, 4.69) is 101 Å². The van der Waals surface area contributed by atoms with Crippen molar-refractivity contribution < 1.29 is 0 Å². The van der Waals surface area contributed by atoms with Gasteiger partial charge in [-0.1, -0.05) is 48.5 Å². The van der Waals surface area contributed by atoms with E-state index >= 15 is 0 Å². The van der Waals surface area contributed by atoms with E-state index in [1.54, 1.807) is 0 Å². The molecule has 0 saturated carbocycles. The molecule has 0 fully saturated rings. The molecule has 0 saturated heterocycles. The van der Waals surface area contributed by atoms with Gasteiger partial charge in [0.05, 0.1) is 0 Å². The number of hydrogen-bond donors (Lipinski definition) is 0. The number of benzene rings is 4. The molecular weight excluding hydrogens is 386 g/mol. The topological polar surface area (TPSA) is 12.9 Å². The van der Waals surface area contributed by atoms with Crippen molar-refractivity contribution in [2.75, 3.05) is 0 Å². The van der Waals surface area contributed by atoms with Gasteiger partial charge in [-0.05, 0) is 119 Å². The molecule has 0 amide bonds. The van der Waals surface area contributed by atoms with Gasteiger partial charge in [-0.15, -0.1) is 0 Å². The van der Waals surface area contributed by atoms with Crippen LogP contribution in [0.5, 0.6) is 0 Å². The largest absolute Gasteiger partial charge is 0.264 e. The summed E-state index contributed by atoms with van der Waals surface area (Å²) < 4.78 is 0. The quantitative estimate of drug-likeness (QED) is 0.263. The molecule has 0 aliphatic heterocycles. The SMILES string of the molecule is Cc1cc(-c2c3ccccc3c(-c3cc(C)c(C)c(C)c3)c3cnccc23)cc(C)c1C. The molecule has 1 heteroatoms. The normalized spacial score (nSPS) is 11.4. The van der Waals surface area contributed by atoms with Crippen molar-refractivity contribution >= 4 is 21.5 Å². The summed E-state index contributed by atoms with van der Waals surface area (Å²) in [6.45, 7) is 13.3. The van der Waals surface area contributed by atoms with Crippen molar-refractivity contribution in [3.05, 3.63) is 100 Å². The second kappa shape index (κ2) is 7.60.